The van der Waals surface area contributed by atoms with Crippen LogP contribution in [0.25, 0.3) is 0 Å². The Morgan fingerprint density at radius 3 is 2.70 bits per heavy atom. The van der Waals surface area contributed by atoms with Crippen molar-refractivity contribution in [3.05, 3.63) is 65.0 Å². The van der Waals surface area contributed by atoms with Crippen molar-refractivity contribution in [2.75, 3.05) is 24.5 Å². The van der Waals surface area contributed by atoms with Gasteiger partial charge in [-0.05, 0) is 30.2 Å². The first-order valence-electron chi connectivity index (χ1n) is 7.32. The van der Waals surface area contributed by atoms with E-state index in [4.69, 9.17) is 0 Å². The second-order valence-electron chi connectivity index (χ2n) is 5.34. The third-order valence-corrected chi connectivity index (χ3v) is 3.93. The first-order valence-corrected chi connectivity index (χ1v) is 7.32. The lowest BCUT2D eigenvalue weighted by Gasteiger charge is -2.19. The molecule has 3 rings (SSSR count). The molecule has 1 N–H and O–H groups in total. The molecule has 0 bridgehead atoms. The summed E-state index contributed by atoms with van der Waals surface area (Å²) in [5.41, 5.74) is 1.89. The van der Waals surface area contributed by atoms with Gasteiger partial charge in [-0.15, -0.1) is 0 Å². The summed E-state index contributed by atoms with van der Waals surface area (Å²) in [6.45, 7) is 1.70. The number of para-hydroxylation sites is 1. The molecule has 1 aliphatic rings. The average molecular weight is 320 g/mol. The van der Waals surface area contributed by atoms with Crippen molar-refractivity contribution < 1.29 is 18.0 Å². The number of benzene rings is 2. The summed E-state index contributed by atoms with van der Waals surface area (Å²) in [5, 5.41) is 2.53. The van der Waals surface area contributed by atoms with Crippen molar-refractivity contribution in [1.82, 2.24) is 5.32 Å². The number of carbonyl (C=O) groups excluding carboxylic acids is 1. The molecule has 0 fully saturated rings. The average Bonchev–Trinajstić information content (AvgIpc) is 2.96. The molecule has 0 spiro atoms. The van der Waals surface area contributed by atoms with Gasteiger partial charge in [-0.25, -0.2) is 13.2 Å². The van der Waals surface area contributed by atoms with Gasteiger partial charge in [0.05, 0.1) is 5.56 Å². The predicted molar refractivity (Wildman–Crippen MR) is 81.0 cm³/mol. The Labute approximate surface area is 131 Å². The second-order valence-corrected chi connectivity index (χ2v) is 5.34. The van der Waals surface area contributed by atoms with Gasteiger partial charge in [0.15, 0.2) is 17.5 Å². The topological polar surface area (TPSA) is 32.3 Å². The molecule has 1 heterocycles. The van der Waals surface area contributed by atoms with Crippen molar-refractivity contribution in [2.24, 2.45) is 0 Å². The maximum absolute atomic E-state index is 13.6. The predicted octanol–water partition coefficient (Wildman–Crippen LogP) is 2.90. The molecule has 23 heavy (non-hydrogen) atoms. The monoisotopic (exact) mass is 320 g/mol. The minimum absolute atomic E-state index is 0.283. The molecular formula is C17H15F3N2O. The normalized spacial score (nSPS) is 13.1. The number of halogens is 3. The number of nitrogens with one attached hydrogen (secondary N) is 1. The molecular weight excluding hydrogens is 305 g/mol. The van der Waals surface area contributed by atoms with Crippen LogP contribution in [0.5, 0.6) is 0 Å². The van der Waals surface area contributed by atoms with Gasteiger partial charge in [0.25, 0.3) is 5.91 Å². The molecule has 0 radical (unpaired) electrons. The fourth-order valence-corrected chi connectivity index (χ4v) is 2.74. The van der Waals surface area contributed by atoms with E-state index in [1.54, 1.807) is 0 Å². The Kier molecular flexibility index (Phi) is 4.23. The third-order valence-electron chi connectivity index (χ3n) is 3.93. The lowest BCUT2D eigenvalue weighted by Crippen LogP contribution is -2.34. The van der Waals surface area contributed by atoms with Crippen LogP contribution >= 0.6 is 0 Å². The maximum atomic E-state index is 13.6. The van der Waals surface area contributed by atoms with Crippen molar-refractivity contribution in [3.63, 3.8) is 0 Å². The van der Waals surface area contributed by atoms with Crippen molar-refractivity contribution >= 4 is 11.6 Å². The number of anilines is 1. The van der Waals surface area contributed by atoms with Gasteiger partial charge >= 0.3 is 0 Å². The SMILES string of the molecule is O=C(NCCN1CCc2ccccc21)c1ccc(F)c(F)c1F. The van der Waals surface area contributed by atoms with Gasteiger partial charge in [-0.2, -0.15) is 0 Å². The lowest BCUT2D eigenvalue weighted by atomic mass is 10.2. The minimum Gasteiger partial charge on any atom is -0.369 e. The summed E-state index contributed by atoms with van der Waals surface area (Å²) >= 11 is 0. The zero-order valence-electron chi connectivity index (χ0n) is 12.3. The molecule has 1 amide bonds. The summed E-state index contributed by atoms with van der Waals surface area (Å²) in [6.07, 6.45) is 0.946. The van der Waals surface area contributed by atoms with Crippen LogP contribution in [0.3, 0.4) is 0 Å². The van der Waals surface area contributed by atoms with Crippen LogP contribution in [0, 0.1) is 17.5 Å². The molecule has 2 aromatic carbocycles. The number of fused-ring (bicyclic) bond motifs is 1. The standard InChI is InChI=1S/C17H15F3N2O/c18-13-6-5-12(15(19)16(13)20)17(23)21-8-10-22-9-7-11-3-1-2-4-14(11)22/h1-6H,7-10H2,(H,21,23). The Morgan fingerprint density at radius 2 is 1.87 bits per heavy atom. The van der Waals surface area contributed by atoms with Crippen LogP contribution in [0.4, 0.5) is 18.9 Å². The van der Waals surface area contributed by atoms with E-state index >= 15 is 0 Å². The highest BCUT2D eigenvalue weighted by molar-refractivity contribution is 5.94. The Bertz CT molecular complexity index is 749. The minimum atomic E-state index is -1.63. The molecule has 2 aromatic rings. The summed E-state index contributed by atoms with van der Waals surface area (Å²) in [5.74, 6) is -5.17. The lowest BCUT2D eigenvalue weighted by molar-refractivity contribution is 0.0949. The van der Waals surface area contributed by atoms with E-state index in [0.29, 0.717) is 6.54 Å². The zero-order chi connectivity index (χ0) is 16.4. The highest BCUT2D eigenvalue weighted by atomic mass is 19.2. The van der Waals surface area contributed by atoms with Crippen molar-refractivity contribution in [3.8, 4) is 0 Å². The van der Waals surface area contributed by atoms with Crippen molar-refractivity contribution in [2.45, 2.75) is 6.42 Å². The van der Waals surface area contributed by atoms with Crippen LogP contribution in [-0.2, 0) is 6.42 Å². The van der Waals surface area contributed by atoms with Gasteiger partial charge in [0.2, 0.25) is 0 Å². The second kappa shape index (κ2) is 6.32. The number of rotatable bonds is 4. The first kappa shape index (κ1) is 15.4. The molecule has 0 unspecified atom stereocenters. The molecule has 0 saturated carbocycles. The quantitative estimate of drug-likeness (QED) is 0.879. The summed E-state index contributed by atoms with van der Waals surface area (Å²) < 4.78 is 39.6. The van der Waals surface area contributed by atoms with E-state index in [0.717, 1.165) is 30.8 Å². The van der Waals surface area contributed by atoms with Crippen LogP contribution in [0.2, 0.25) is 0 Å². The molecule has 120 valence electrons. The van der Waals surface area contributed by atoms with E-state index < -0.39 is 28.9 Å². The molecule has 0 aliphatic carbocycles. The van der Waals surface area contributed by atoms with Gasteiger partial charge in [0.1, 0.15) is 0 Å². The fraction of sp³-hybridized carbons (Fsp3) is 0.235. The molecule has 0 atom stereocenters. The van der Waals surface area contributed by atoms with Crippen molar-refractivity contribution in [1.29, 1.82) is 0 Å². The maximum Gasteiger partial charge on any atom is 0.254 e. The number of nitrogens with zero attached hydrogens (tertiary/aromatic N) is 1. The smallest absolute Gasteiger partial charge is 0.254 e. The zero-order valence-corrected chi connectivity index (χ0v) is 12.3. The number of amides is 1. The van der Waals surface area contributed by atoms with Gasteiger partial charge < -0.3 is 10.2 Å². The number of hydrogen-bond acceptors (Lipinski definition) is 2. The van der Waals surface area contributed by atoms with Gasteiger partial charge in [-0.3, -0.25) is 4.79 Å². The molecule has 6 heteroatoms. The number of carbonyl (C=O) groups is 1. The summed E-state index contributed by atoms with van der Waals surface area (Å²) in [7, 11) is 0. The number of hydrogen-bond donors (Lipinski definition) is 1. The molecule has 0 saturated heterocycles. The highest BCUT2D eigenvalue weighted by Gasteiger charge is 2.20. The largest absolute Gasteiger partial charge is 0.369 e. The van der Waals surface area contributed by atoms with Crippen LogP contribution in [0.1, 0.15) is 15.9 Å². The van der Waals surface area contributed by atoms with Crippen LogP contribution in [0.15, 0.2) is 36.4 Å². The van der Waals surface area contributed by atoms with E-state index in [9.17, 15) is 18.0 Å². The third kappa shape index (κ3) is 3.02. The van der Waals surface area contributed by atoms with E-state index in [2.05, 4.69) is 16.3 Å². The van der Waals surface area contributed by atoms with E-state index in [1.807, 2.05) is 18.2 Å². The Hall–Kier alpha value is -2.50. The van der Waals surface area contributed by atoms with E-state index in [1.165, 1.54) is 5.56 Å². The van der Waals surface area contributed by atoms with E-state index in [-0.39, 0.29) is 6.54 Å². The molecule has 0 aromatic heterocycles. The Morgan fingerprint density at radius 1 is 1.09 bits per heavy atom. The van der Waals surface area contributed by atoms with Gasteiger partial charge in [-0.1, -0.05) is 18.2 Å². The van der Waals surface area contributed by atoms with Crippen LogP contribution in [-0.4, -0.2) is 25.5 Å². The summed E-state index contributed by atoms with van der Waals surface area (Å²) in [4.78, 5) is 14.0. The molecule has 3 nitrogen and oxygen atoms in total. The fourth-order valence-electron chi connectivity index (χ4n) is 2.74. The van der Waals surface area contributed by atoms with Gasteiger partial charge in [0, 0.05) is 25.3 Å². The molecule has 1 aliphatic heterocycles. The highest BCUT2D eigenvalue weighted by Crippen LogP contribution is 2.26. The van der Waals surface area contributed by atoms with Crippen LogP contribution < -0.4 is 10.2 Å². The Balaban J connectivity index is 1.60. The summed E-state index contributed by atoms with van der Waals surface area (Å²) in [6, 6.07) is 9.68. The first-order chi connectivity index (χ1) is 11.1.